The molecular formula is C18H20ClNO. The lowest BCUT2D eigenvalue weighted by Crippen LogP contribution is -2.29. The average Bonchev–Trinajstić information content (AvgIpc) is 2.89. The number of nitrogens with one attached hydrogen (secondary N) is 1. The van der Waals surface area contributed by atoms with Crippen LogP contribution in [0.3, 0.4) is 0 Å². The molecule has 110 valence electrons. The number of halogens is 1. The van der Waals surface area contributed by atoms with E-state index < -0.39 is 0 Å². The molecule has 0 amide bonds. The van der Waals surface area contributed by atoms with Crippen molar-refractivity contribution in [3.8, 4) is 5.75 Å². The third-order valence-electron chi connectivity index (χ3n) is 3.84. The number of hydrogen-bond acceptors (Lipinski definition) is 2. The first-order valence-electron chi connectivity index (χ1n) is 7.35. The number of aryl methyl sites for hydroxylation is 1. The second-order valence-electron chi connectivity index (χ2n) is 5.64. The normalized spacial score (nSPS) is 16.6. The molecule has 0 bridgehead atoms. The van der Waals surface area contributed by atoms with Gasteiger partial charge in [-0.25, -0.2) is 0 Å². The highest BCUT2D eigenvalue weighted by molar-refractivity contribution is 6.17. The summed E-state index contributed by atoms with van der Waals surface area (Å²) < 4.78 is 5.96. The van der Waals surface area contributed by atoms with Crippen molar-refractivity contribution in [3.63, 3.8) is 0 Å². The fourth-order valence-corrected chi connectivity index (χ4v) is 2.86. The summed E-state index contributed by atoms with van der Waals surface area (Å²) in [5, 5.41) is 3.47. The Balaban J connectivity index is 1.48. The minimum Gasteiger partial charge on any atom is -0.488 e. The van der Waals surface area contributed by atoms with E-state index in [-0.39, 0.29) is 6.10 Å². The Morgan fingerprint density at radius 1 is 1.14 bits per heavy atom. The molecule has 21 heavy (non-hydrogen) atoms. The Morgan fingerprint density at radius 2 is 1.90 bits per heavy atom. The van der Waals surface area contributed by atoms with Gasteiger partial charge in [0.15, 0.2) is 0 Å². The van der Waals surface area contributed by atoms with Crippen molar-refractivity contribution in [3.05, 3.63) is 64.7 Å². The first-order valence-corrected chi connectivity index (χ1v) is 7.89. The second-order valence-corrected chi connectivity index (χ2v) is 5.90. The molecule has 3 heteroatoms. The predicted molar refractivity (Wildman–Crippen MR) is 87.0 cm³/mol. The molecule has 0 aliphatic carbocycles. The van der Waals surface area contributed by atoms with Crippen molar-refractivity contribution in [1.82, 2.24) is 5.32 Å². The molecule has 1 unspecified atom stereocenters. The van der Waals surface area contributed by atoms with Gasteiger partial charge in [-0.1, -0.05) is 42.0 Å². The Kier molecular flexibility index (Phi) is 4.47. The maximum Gasteiger partial charge on any atom is 0.123 e. The van der Waals surface area contributed by atoms with Gasteiger partial charge in [-0.2, -0.15) is 0 Å². The van der Waals surface area contributed by atoms with Crippen LogP contribution in [0.15, 0.2) is 42.5 Å². The molecule has 0 fully saturated rings. The van der Waals surface area contributed by atoms with Gasteiger partial charge < -0.3 is 10.1 Å². The van der Waals surface area contributed by atoms with Crippen molar-refractivity contribution >= 4 is 11.6 Å². The molecule has 0 saturated heterocycles. The van der Waals surface area contributed by atoms with Gasteiger partial charge in [-0.3, -0.25) is 0 Å². The molecule has 0 saturated carbocycles. The zero-order valence-corrected chi connectivity index (χ0v) is 13.0. The summed E-state index contributed by atoms with van der Waals surface area (Å²) in [6, 6.07) is 14.8. The number of ether oxygens (including phenoxy) is 1. The third-order valence-corrected chi connectivity index (χ3v) is 4.14. The SMILES string of the molecule is Cc1ccc2c(c1)CC(CNCc1ccc(CCl)cc1)O2. The molecule has 1 atom stereocenters. The van der Waals surface area contributed by atoms with E-state index >= 15 is 0 Å². The molecule has 1 heterocycles. The quantitative estimate of drug-likeness (QED) is 0.848. The van der Waals surface area contributed by atoms with Crippen molar-refractivity contribution in [2.24, 2.45) is 0 Å². The topological polar surface area (TPSA) is 21.3 Å². The van der Waals surface area contributed by atoms with E-state index in [0.29, 0.717) is 5.88 Å². The van der Waals surface area contributed by atoms with Crippen molar-refractivity contribution in [2.45, 2.75) is 31.9 Å². The van der Waals surface area contributed by atoms with Crippen molar-refractivity contribution in [1.29, 1.82) is 0 Å². The molecule has 1 aliphatic heterocycles. The van der Waals surface area contributed by atoms with Gasteiger partial charge in [-0.15, -0.1) is 11.6 Å². The van der Waals surface area contributed by atoms with Crippen LogP contribution in [0, 0.1) is 6.92 Å². The van der Waals surface area contributed by atoms with Gasteiger partial charge in [0.05, 0.1) is 0 Å². The Labute approximate surface area is 131 Å². The summed E-state index contributed by atoms with van der Waals surface area (Å²) in [5.41, 5.74) is 5.05. The van der Waals surface area contributed by atoms with Gasteiger partial charge >= 0.3 is 0 Å². The Morgan fingerprint density at radius 3 is 2.67 bits per heavy atom. The van der Waals surface area contributed by atoms with Crippen LogP contribution in [0.2, 0.25) is 0 Å². The lowest BCUT2D eigenvalue weighted by molar-refractivity contribution is 0.227. The third kappa shape index (κ3) is 3.58. The molecule has 3 rings (SSSR count). The number of fused-ring (bicyclic) bond motifs is 1. The fourth-order valence-electron chi connectivity index (χ4n) is 2.69. The van der Waals surface area contributed by atoms with Crippen molar-refractivity contribution < 1.29 is 4.74 Å². The lowest BCUT2D eigenvalue weighted by atomic mass is 10.1. The monoisotopic (exact) mass is 301 g/mol. The highest BCUT2D eigenvalue weighted by Gasteiger charge is 2.22. The van der Waals surface area contributed by atoms with E-state index in [2.05, 4.69) is 54.7 Å². The summed E-state index contributed by atoms with van der Waals surface area (Å²) in [5.74, 6) is 1.61. The molecule has 1 N–H and O–H groups in total. The highest BCUT2D eigenvalue weighted by atomic mass is 35.5. The van der Waals surface area contributed by atoms with Crippen molar-refractivity contribution in [2.75, 3.05) is 6.54 Å². The zero-order chi connectivity index (χ0) is 14.7. The summed E-state index contributed by atoms with van der Waals surface area (Å²) in [6.07, 6.45) is 1.23. The van der Waals surface area contributed by atoms with Crippen LogP contribution < -0.4 is 10.1 Å². The summed E-state index contributed by atoms with van der Waals surface area (Å²) in [6.45, 7) is 3.85. The summed E-state index contributed by atoms with van der Waals surface area (Å²) in [4.78, 5) is 0. The standard InChI is InChI=1S/C18H20ClNO/c1-13-2-7-18-16(8-13)9-17(21-18)12-20-11-15-5-3-14(10-19)4-6-15/h2-8,17,20H,9-12H2,1H3. The smallest absolute Gasteiger partial charge is 0.123 e. The lowest BCUT2D eigenvalue weighted by Gasteiger charge is -2.12. The Hall–Kier alpha value is -1.51. The molecule has 1 aliphatic rings. The van der Waals surface area contributed by atoms with Gasteiger partial charge in [0.1, 0.15) is 11.9 Å². The van der Waals surface area contributed by atoms with Gasteiger partial charge in [0.2, 0.25) is 0 Å². The fraction of sp³-hybridized carbons (Fsp3) is 0.333. The van der Waals surface area contributed by atoms with E-state index in [9.17, 15) is 0 Å². The predicted octanol–water partition coefficient (Wildman–Crippen LogP) is 3.83. The Bertz CT molecular complexity index is 609. The molecule has 0 spiro atoms. The van der Waals surface area contributed by atoms with Crippen LogP contribution in [0.25, 0.3) is 0 Å². The number of alkyl halides is 1. The van der Waals surface area contributed by atoms with Crippen LogP contribution in [-0.2, 0) is 18.8 Å². The minimum atomic E-state index is 0.240. The maximum atomic E-state index is 5.96. The molecule has 2 aromatic carbocycles. The first-order chi connectivity index (χ1) is 10.2. The summed E-state index contributed by atoms with van der Waals surface area (Å²) >= 11 is 5.79. The van der Waals surface area contributed by atoms with Crippen LogP contribution in [0.5, 0.6) is 5.75 Å². The van der Waals surface area contributed by atoms with E-state index in [0.717, 1.165) is 30.8 Å². The molecule has 2 nitrogen and oxygen atoms in total. The zero-order valence-electron chi connectivity index (χ0n) is 12.2. The van der Waals surface area contributed by atoms with Gasteiger partial charge in [-0.05, 0) is 29.7 Å². The van der Waals surface area contributed by atoms with Crippen LogP contribution in [0.1, 0.15) is 22.3 Å². The average molecular weight is 302 g/mol. The number of rotatable bonds is 5. The largest absolute Gasteiger partial charge is 0.488 e. The van der Waals surface area contributed by atoms with Crippen LogP contribution in [-0.4, -0.2) is 12.6 Å². The molecule has 2 aromatic rings. The maximum absolute atomic E-state index is 5.96. The van der Waals surface area contributed by atoms with E-state index in [1.54, 1.807) is 0 Å². The minimum absolute atomic E-state index is 0.240. The van der Waals surface area contributed by atoms with Gasteiger partial charge in [0, 0.05) is 25.4 Å². The second kappa shape index (κ2) is 6.50. The first kappa shape index (κ1) is 14.4. The highest BCUT2D eigenvalue weighted by Crippen LogP contribution is 2.29. The molecule has 0 aromatic heterocycles. The van der Waals surface area contributed by atoms with E-state index in [4.69, 9.17) is 16.3 Å². The number of benzene rings is 2. The molecular weight excluding hydrogens is 282 g/mol. The van der Waals surface area contributed by atoms with Gasteiger partial charge in [0.25, 0.3) is 0 Å². The van der Waals surface area contributed by atoms with E-state index in [1.165, 1.54) is 16.7 Å². The van der Waals surface area contributed by atoms with Crippen LogP contribution in [0.4, 0.5) is 0 Å². The van der Waals surface area contributed by atoms with Crippen LogP contribution >= 0.6 is 11.6 Å². The van der Waals surface area contributed by atoms with E-state index in [1.807, 2.05) is 0 Å². The molecule has 0 radical (unpaired) electrons. The number of hydrogen-bond donors (Lipinski definition) is 1. The summed E-state index contributed by atoms with van der Waals surface area (Å²) in [7, 11) is 0.